The van der Waals surface area contributed by atoms with E-state index in [1.807, 2.05) is 60.7 Å². The quantitative estimate of drug-likeness (QED) is 0.394. The summed E-state index contributed by atoms with van der Waals surface area (Å²) in [7, 11) is 0. The number of anilines is 5. The predicted octanol–water partition coefficient (Wildman–Crippen LogP) is 3.54. The first kappa shape index (κ1) is 22.5. The standard InChI is InChI=1S/C26H27N7O2/c1-18(34)25(35)33-14-12-32(13-15-33)22-8-6-20(7-9-22)30-26-27-11-10-24(31-26)29-21-16-19-4-2-3-5-23(19)28-17-21/h2-11,16-18,34H,12-15H2,1H3,(H2,27,29,30,31). The summed E-state index contributed by atoms with van der Waals surface area (Å²) in [6.45, 7) is 4.17. The number of carbonyl (C=O) groups excluding carboxylic acids is 1. The number of aliphatic hydroxyl groups is 1. The van der Waals surface area contributed by atoms with E-state index < -0.39 is 6.10 Å². The van der Waals surface area contributed by atoms with Crippen molar-refractivity contribution in [2.24, 2.45) is 0 Å². The van der Waals surface area contributed by atoms with E-state index in [-0.39, 0.29) is 5.91 Å². The van der Waals surface area contributed by atoms with Crippen LogP contribution in [0.5, 0.6) is 0 Å². The summed E-state index contributed by atoms with van der Waals surface area (Å²) >= 11 is 0. The third-order valence-electron chi connectivity index (χ3n) is 5.96. The molecule has 0 spiro atoms. The lowest BCUT2D eigenvalue weighted by Crippen LogP contribution is -2.51. The first-order valence-electron chi connectivity index (χ1n) is 11.6. The monoisotopic (exact) mass is 469 g/mol. The summed E-state index contributed by atoms with van der Waals surface area (Å²) in [5.41, 5.74) is 3.76. The van der Waals surface area contributed by atoms with Crippen molar-refractivity contribution in [3.63, 3.8) is 0 Å². The van der Waals surface area contributed by atoms with E-state index in [0.29, 0.717) is 24.9 Å². The maximum atomic E-state index is 12.0. The summed E-state index contributed by atoms with van der Waals surface area (Å²) in [4.78, 5) is 29.3. The maximum Gasteiger partial charge on any atom is 0.251 e. The number of nitrogens with one attached hydrogen (secondary N) is 2. The predicted molar refractivity (Wildman–Crippen MR) is 137 cm³/mol. The second-order valence-electron chi connectivity index (χ2n) is 8.47. The van der Waals surface area contributed by atoms with Gasteiger partial charge in [0, 0.05) is 49.1 Å². The largest absolute Gasteiger partial charge is 0.384 e. The second kappa shape index (κ2) is 9.94. The number of nitrogens with zero attached hydrogens (tertiary/aromatic N) is 5. The first-order chi connectivity index (χ1) is 17.0. The molecule has 1 unspecified atom stereocenters. The summed E-state index contributed by atoms with van der Waals surface area (Å²) in [6, 6.07) is 19.9. The van der Waals surface area contributed by atoms with Crippen molar-refractivity contribution in [3.8, 4) is 0 Å². The molecule has 1 aliphatic rings. The minimum absolute atomic E-state index is 0.210. The SMILES string of the molecule is CC(O)C(=O)N1CCN(c2ccc(Nc3nccc(Nc4cnc5ccccc5c4)n3)cc2)CC1. The Balaban J connectivity index is 1.21. The normalized spacial score (nSPS) is 14.6. The van der Waals surface area contributed by atoms with Gasteiger partial charge >= 0.3 is 0 Å². The van der Waals surface area contributed by atoms with Gasteiger partial charge in [0.15, 0.2) is 0 Å². The molecule has 0 radical (unpaired) electrons. The van der Waals surface area contributed by atoms with Crippen molar-refractivity contribution in [2.75, 3.05) is 41.7 Å². The lowest BCUT2D eigenvalue weighted by molar-refractivity contribution is -0.139. The van der Waals surface area contributed by atoms with Crippen LogP contribution in [0.25, 0.3) is 10.9 Å². The number of hydrogen-bond acceptors (Lipinski definition) is 8. The molecule has 5 rings (SSSR count). The molecule has 2 aromatic carbocycles. The van der Waals surface area contributed by atoms with Gasteiger partial charge in [-0.15, -0.1) is 0 Å². The number of aliphatic hydroxyl groups excluding tert-OH is 1. The zero-order chi connectivity index (χ0) is 24.2. The Hall–Kier alpha value is -4.24. The number of amides is 1. The van der Waals surface area contributed by atoms with Crippen molar-refractivity contribution in [3.05, 3.63) is 73.1 Å². The molecule has 9 heteroatoms. The fraction of sp³-hybridized carbons (Fsp3) is 0.231. The van der Waals surface area contributed by atoms with Gasteiger partial charge in [-0.25, -0.2) is 4.98 Å². The molecule has 0 aliphatic carbocycles. The molecule has 3 N–H and O–H groups in total. The molecule has 9 nitrogen and oxygen atoms in total. The summed E-state index contributed by atoms with van der Waals surface area (Å²) in [5, 5.41) is 17.1. The van der Waals surface area contributed by atoms with Gasteiger partial charge in [0.2, 0.25) is 5.95 Å². The average molecular weight is 470 g/mol. The van der Waals surface area contributed by atoms with Gasteiger partial charge in [0.1, 0.15) is 11.9 Å². The highest BCUT2D eigenvalue weighted by atomic mass is 16.3. The van der Waals surface area contributed by atoms with Crippen LogP contribution in [0.3, 0.4) is 0 Å². The Morgan fingerprint density at radius 2 is 1.71 bits per heavy atom. The topological polar surface area (TPSA) is 107 Å². The molecule has 0 bridgehead atoms. The van der Waals surface area contributed by atoms with Crippen LogP contribution in [0.15, 0.2) is 73.1 Å². The van der Waals surface area contributed by atoms with Gasteiger partial charge in [0.05, 0.1) is 17.4 Å². The van der Waals surface area contributed by atoms with Crippen LogP contribution in [-0.4, -0.2) is 63.1 Å². The fourth-order valence-electron chi connectivity index (χ4n) is 4.11. The van der Waals surface area contributed by atoms with E-state index in [2.05, 4.69) is 30.5 Å². The van der Waals surface area contributed by atoms with Gasteiger partial charge in [-0.3, -0.25) is 9.78 Å². The van der Waals surface area contributed by atoms with E-state index in [1.165, 1.54) is 6.92 Å². The van der Waals surface area contributed by atoms with Crippen molar-refractivity contribution < 1.29 is 9.90 Å². The number of para-hydroxylation sites is 1. The second-order valence-corrected chi connectivity index (χ2v) is 8.47. The number of aromatic nitrogens is 3. The Bertz CT molecular complexity index is 1320. The molecule has 0 saturated carbocycles. The van der Waals surface area contributed by atoms with Crippen LogP contribution in [-0.2, 0) is 4.79 Å². The molecular weight excluding hydrogens is 442 g/mol. The van der Waals surface area contributed by atoms with E-state index in [4.69, 9.17) is 0 Å². The van der Waals surface area contributed by atoms with Crippen LogP contribution in [0.2, 0.25) is 0 Å². The number of piperazine rings is 1. The maximum absolute atomic E-state index is 12.0. The third-order valence-corrected chi connectivity index (χ3v) is 5.96. The van der Waals surface area contributed by atoms with E-state index >= 15 is 0 Å². The fourth-order valence-corrected chi connectivity index (χ4v) is 4.11. The van der Waals surface area contributed by atoms with Crippen molar-refractivity contribution in [1.82, 2.24) is 19.9 Å². The number of hydrogen-bond donors (Lipinski definition) is 3. The number of carbonyl (C=O) groups is 1. The molecule has 4 aromatic rings. The van der Waals surface area contributed by atoms with Gasteiger partial charge in [-0.2, -0.15) is 4.98 Å². The summed E-state index contributed by atoms with van der Waals surface area (Å²) in [5.74, 6) is 0.945. The third kappa shape index (κ3) is 5.30. The zero-order valence-electron chi connectivity index (χ0n) is 19.4. The molecule has 35 heavy (non-hydrogen) atoms. The Morgan fingerprint density at radius 3 is 2.49 bits per heavy atom. The Labute approximate surface area is 203 Å². The van der Waals surface area contributed by atoms with Crippen LogP contribution >= 0.6 is 0 Å². The van der Waals surface area contributed by atoms with Crippen LogP contribution in [0.4, 0.5) is 28.8 Å². The van der Waals surface area contributed by atoms with E-state index in [0.717, 1.165) is 41.1 Å². The van der Waals surface area contributed by atoms with Gasteiger partial charge in [-0.05, 0) is 49.4 Å². The molecule has 1 aliphatic heterocycles. The Kier molecular flexibility index (Phi) is 6.40. The van der Waals surface area contributed by atoms with E-state index in [1.54, 1.807) is 17.3 Å². The lowest BCUT2D eigenvalue weighted by atomic mass is 10.2. The number of pyridine rings is 1. The van der Waals surface area contributed by atoms with Crippen LogP contribution < -0.4 is 15.5 Å². The zero-order valence-corrected chi connectivity index (χ0v) is 19.4. The first-order valence-corrected chi connectivity index (χ1v) is 11.6. The summed E-state index contributed by atoms with van der Waals surface area (Å²) in [6.07, 6.45) is 2.54. The minimum Gasteiger partial charge on any atom is -0.384 e. The van der Waals surface area contributed by atoms with Gasteiger partial charge in [-0.1, -0.05) is 18.2 Å². The number of benzene rings is 2. The van der Waals surface area contributed by atoms with Gasteiger partial charge < -0.3 is 25.5 Å². The lowest BCUT2D eigenvalue weighted by Gasteiger charge is -2.36. The smallest absolute Gasteiger partial charge is 0.251 e. The molecule has 178 valence electrons. The van der Waals surface area contributed by atoms with Crippen LogP contribution in [0, 0.1) is 0 Å². The molecule has 1 fully saturated rings. The number of fused-ring (bicyclic) bond motifs is 1. The molecular formula is C26H27N7O2. The minimum atomic E-state index is -0.952. The van der Waals surface area contributed by atoms with Crippen molar-refractivity contribution in [1.29, 1.82) is 0 Å². The van der Waals surface area contributed by atoms with Crippen molar-refractivity contribution in [2.45, 2.75) is 13.0 Å². The summed E-state index contributed by atoms with van der Waals surface area (Å²) < 4.78 is 0. The van der Waals surface area contributed by atoms with Crippen molar-refractivity contribution >= 4 is 45.6 Å². The molecule has 1 saturated heterocycles. The van der Waals surface area contributed by atoms with Crippen LogP contribution in [0.1, 0.15) is 6.92 Å². The molecule has 1 atom stereocenters. The number of rotatable bonds is 6. The average Bonchev–Trinajstić information content (AvgIpc) is 2.89. The molecule has 3 heterocycles. The highest BCUT2D eigenvalue weighted by molar-refractivity contribution is 5.82. The van der Waals surface area contributed by atoms with E-state index in [9.17, 15) is 9.90 Å². The Morgan fingerprint density at radius 1 is 0.943 bits per heavy atom. The highest BCUT2D eigenvalue weighted by Gasteiger charge is 2.23. The molecule has 2 aromatic heterocycles. The molecule has 1 amide bonds. The van der Waals surface area contributed by atoms with Gasteiger partial charge in [0.25, 0.3) is 5.91 Å². The highest BCUT2D eigenvalue weighted by Crippen LogP contribution is 2.23.